The van der Waals surface area contributed by atoms with E-state index in [0.29, 0.717) is 11.8 Å². The minimum Gasteiger partial charge on any atom is -0.477 e. The van der Waals surface area contributed by atoms with Crippen molar-refractivity contribution in [1.29, 1.82) is 0 Å². The summed E-state index contributed by atoms with van der Waals surface area (Å²) < 4.78 is 44.8. The van der Waals surface area contributed by atoms with Crippen molar-refractivity contribution in [2.24, 2.45) is 16.8 Å². The van der Waals surface area contributed by atoms with Crippen molar-refractivity contribution >= 4 is 34.4 Å². The van der Waals surface area contributed by atoms with E-state index >= 15 is 4.39 Å². The first-order chi connectivity index (χ1) is 19.2. The maximum atomic E-state index is 15.4. The first-order valence-corrected chi connectivity index (χ1v) is 12.0. The molecule has 0 saturated carbocycles. The number of hydrogen-bond donors (Lipinski definition) is 3. The van der Waals surface area contributed by atoms with Gasteiger partial charge in [0, 0.05) is 31.3 Å². The lowest BCUT2D eigenvalue weighted by molar-refractivity contribution is 0.0695. The maximum absolute atomic E-state index is 15.4. The van der Waals surface area contributed by atoms with Crippen LogP contribution in [0.2, 0.25) is 0 Å². The number of carbonyl (C=O) groups is 1. The third-order valence-electron chi connectivity index (χ3n) is 6.41. The largest absolute Gasteiger partial charge is 0.477 e. The molecule has 11 nitrogen and oxygen atoms in total. The van der Waals surface area contributed by atoms with Gasteiger partial charge in [-0.25, -0.2) is 27.9 Å². The average Bonchev–Trinajstić information content (AvgIpc) is 3.34. The standard InChI is InChI=1S/C26H22F3N7O4/c27-17-7-19(29)25(32-22(17)31)36-10-16(26(38)39)21(37)15-6-18(28)24(33-23(15)36)35-9-14(8-30)20(11-35)34-40-12-13-4-2-1-3-5-13/h1-7,10,14H,8-9,11-12,30H2,(H2,31,32)(H,38,39)/b34-20+. The van der Waals surface area contributed by atoms with E-state index in [2.05, 4.69) is 15.1 Å². The number of aromatic nitrogens is 3. The number of carboxylic acids is 1. The molecule has 0 spiro atoms. The zero-order valence-corrected chi connectivity index (χ0v) is 20.7. The van der Waals surface area contributed by atoms with Crippen molar-refractivity contribution in [3.8, 4) is 5.82 Å². The Labute approximate surface area is 224 Å². The quantitative estimate of drug-likeness (QED) is 0.292. The number of pyridine rings is 3. The molecule has 1 unspecified atom stereocenters. The molecule has 1 fully saturated rings. The van der Waals surface area contributed by atoms with Crippen LogP contribution < -0.4 is 21.8 Å². The molecule has 1 aliphatic rings. The van der Waals surface area contributed by atoms with Crippen molar-refractivity contribution in [1.82, 2.24) is 14.5 Å². The van der Waals surface area contributed by atoms with Gasteiger partial charge in [0.1, 0.15) is 12.2 Å². The molecule has 14 heteroatoms. The molecule has 5 rings (SSSR count). The first-order valence-electron chi connectivity index (χ1n) is 12.0. The molecule has 1 saturated heterocycles. The van der Waals surface area contributed by atoms with Crippen molar-refractivity contribution < 1.29 is 27.9 Å². The van der Waals surface area contributed by atoms with Crippen LogP contribution in [0.25, 0.3) is 16.9 Å². The number of anilines is 2. The fraction of sp³-hybridized carbons (Fsp3) is 0.192. The summed E-state index contributed by atoms with van der Waals surface area (Å²) in [5, 5.41) is 13.3. The van der Waals surface area contributed by atoms with Gasteiger partial charge in [0.25, 0.3) is 0 Å². The van der Waals surface area contributed by atoms with Crippen molar-refractivity contribution in [2.75, 3.05) is 30.3 Å². The summed E-state index contributed by atoms with van der Waals surface area (Å²) in [4.78, 5) is 39.5. The average molecular weight is 554 g/mol. The molecule has 4 heterocycles. The molecule has 0 bridgehead atoms. The molecular weight excluding hydrogens is 531 g/mol. The van der Waals surface area contributed by atoms with Crippen LogP contribution in [0, 0.1) is 23.4 Å². The summed E-state index contributed by atoms with van der Waals surface area (Å²) in [5.74, 6) is -6.79. The molecule has 3 aromatic heterocycles. The molecule has 0 radical (unpaired) electrons. The molecule has 1 atom stereocenters. The summed E-state index contributed by atoms with van der Waals surface area (Å²) in [7, 11) is 0. The van der Waals surface area contributed by atoms with E-state index in [4.69, 9.17) is 16.3 Å². The van der Waals surface area contributed by atoms with Gasteiger partial charge >= 0.3 is 5.97 Å². The molecule has 40 heavy (non-hydrogen) atoms. The molecular formula is C26H22F3N7O4. The van der Waals surface area contributed by atoms with Crippen molar-refractivity contribution in [3.63, 3.8) is 0 Å². The number of nitrogen functional groups attached to an aromatic ring is 1. The van der Waals surface area contributed by atoms with E-state index in [9.17, 15) is 23.5 Å². The SMILES string of the molecule is NCC1CN(c2nc3c(cc2F)c(=O)c(C(=O)O)cn3-c2nc(N)c(F)cc2F)C/C1=N\OCc1ccccc1. The van der Waals surface area contributed by atoms with Gasteiger partial charge in [0.2, 0.25) is 5.43 Å². The van der Waals surface area contributed by atoms with Gasteiger partial charge in [0.05, 0.1) is 17.6 Å². The monoisotopic (exact) mass is 553 g/mol. The number of hydrogen-bond acceptors (Lipinski definition) is 9. The molecule has 1 aromatic carbocycles. The fourth-order valence-electron chi connectivity index (χ4n) is 4.39. The molecule has 1 aliphatic heterocycles. The number of fused-ring (bicyclic) bond motifs is 1. The van der Waals surface area contributed by atoms with E-state index in [1.54, 1.807) is 0 Å². The normalized spacial score (nSPS) is 16.1. The topological polar surface area (TPSA) is 162 Å². The molecule has 206 valence electrons. The lowest BCUT2D eigenvalue weighted by Gasteiger charge is -2.19. The van der Waals surface area contributed by atoms with E-state index in [1.165, 1.54) is 4.90 Å². The Hall–Kier alpha value is -4.98. The second-order valence-corrected chi connectivity index (χ2v) is 9.03. The highest BCUT2D eigenvalue weighted by atomic mass is 19.1. The van der Waals surface area contributed by atoms with Crippen LogP contribution in [-0.4, -0.2) is 51.0 Å². The van der Waals surface area contributed by atoms with Crippen LogP contribution in [0.1, 0.15) is 15.9 Å². The van der Waals surface area contributed by atoms with Crippen LogP contribution >= 0.6 is 0 Å². The number of aromatic carboxylic acids is 1. The van der Waals surface area contributed by atoms with Crippen molar-refractivity contribution in [2.45, 2.75) is 6.61 Å². The Balaban J connectivity index is 1.58. The number of rotatable bonds is 7. The first kappa shape index (κ1) is 26.6. The smallest absolute Gasteiger partial charge is 0.341 e. The third kappa shape index (κ3) is 4.91. The summed E-state index contributed by atoms with van der Waals surface area (Å²) >= 11 is 0. The van der Waals surface area contributed by atoms with Crippen molar-refractivity contribution in [3.05, 3.63) is 87.5 Å². The number of oxime groups is 1. The zero-order valence-electron chi connectivity index (χ0n) is 20.7. The maximum Gasteiger partial charge on any atom is 0.341 e. The van der Waals surface area contributed by atoms with Crippen LogP contribution in [0.3, 0.4) is 0 Å². The van der Waals surface area contributed by atoms with Crippen LogP contribution in [0.15, 0.2) is 58.6 Å². The van der Waals surface area contributed by atoms with E-state index in [1.807, 2.05) is 30.3 Å². The second kappa shape index (κ2) is 10.6. The van der Waals surface area contributed by atoms with Crippen LogP contribution in [-0.2, 0) is 11.4 Å². The Morgan fingerprint density at radius 2 is 1.82 bits per heavy atom. The Morgan fingerprint density at radius 3 is 2.52 bits per heavy atom. The summed E-state index contributed by atoms with van der Waals surface area (Å²) in [6.45, 7) is 0.671. The van der Waals surface area contributed by atoms with E-state index in [-0.39, 0.29) is 43.6 Å². The minimum atomic E-state index is -1.65. The Bertz CT molecular complexity index is 1710. The highest BCUT2D eigenvalue weighted by Gasteiger charge is 2.32. The van der Waals surface area contributed by atoms with E-state index in [0.717, 1.165) is 22.4 Å². The fourth-order valence-corrected chi connectivity index (χ4v) is 4.39. The molecule has 5 N–H and O–H groups in total. The highest BCUT2D eigenvalue weighted by Crippen LogP contribution is 2.28. The number of carboxylic acid groups (broad SMARTS) is 1. The lowest BCUT2D eigenvalue weighted by Crippen LogP contribution is -2.26. The van der Waals surface area contributed by atoms with Gasteiger partial charge in [-0.2, -0.15) is 0 Å². The van der Waals surface area contributed by atoms with Gasteiger partial charge in [-0.3, -0.25) is 9.36 Å². The second-order valence-electron chi connectivity index (χ2n) is 9.03. The number of benzene rings is 1. The number of nitrogens with zero attached hydrogens (tertiary/aromatic N) is 5. The van der Waals surface area contributed by atoms with Gasteiger partial charge < -0.3 is 26.3 Å². The van der Waals surface area contributed by atoms with Gasteiger partial charge in [0.15, 0.2) is 40.6 Å². The number of nitrogens with two attached hydrogens (primary N) is 2. The summed E-state index contributed by atoms with van der Waals surface area (Å²) in [6, 6.07) is 10.6. The lowest BCUT2D eigenvalue weighted by atomic mass is 10.1. The Kier molecular flexibility index (Phi) is 7.09. The van der Waals surface area contributed by atoms with Crippen LogP contribution in [0.5, 0.6) is 0 Å². The third-order valence-corrected chi connectivity index (χ3v) is 6.41. The summed E-state index contributed by atoms with van der Waals surface area (Å²) in [6.07, 6.45) is 0.779. The molecule has 0 amide bonds. The predicted molar refractivity (Wildman–Crippen MR) is 140 cm³/mol. The Morgan fingerprint density at radius 1 is 1.10 bits per heavy atom. The minimum absolute atomic E-state index is 0.0830. The van der Waals surface area contributed by atoms with Gasteiger partial charge in [-0.05, 0) is 11.6 Å². The molecule has 0 aliphatic carbocycles. The predicted octanol–water partition coefficient (Wildman–Crippen LogP) is 2.45. The van der Waals surface area contributed by atoms with Crippen LogP contribution in [0.4, 0.5) is 24.8 Å². The number of halogens is 3. The molecule has 4 aromatic rings. The van der Waals surface area contributed by atoms with Gasteiger partial charge in [-0.1, -0.05) is 35.5 Å². The highest BCUT2D eigenvalue weighted by molar-refractivity contribution is 5.95. The van der Waals surface area contributed by atoms with Gasteiger partial charge in [-0.15, -0.1) is 0 Å². The zero-order chi connectivity index (χ0) is 28.6. The van der Waals surface area contributed by atoms with E-state index < -0.39 is 51.4 Å². The summed E-state index contributed by atoms with van der Waals surface area (Å²) in [5.41, 5.74) is 10.7.